The number of hydrogen-bond acceptors (Lipinski definition) is 5. The number of rotatable bonds is 7. The van der Waals surface area contributed by atoms with Crippen LogP contribution in [0.2, 0.25) is 0 Å². The quantitative estimate of drug-likeness (QED) is 0.552. The highest BCUT2D eigenvalue weighted by molar-refractivity contribution is 7.10. The minimum absolute atomic E-state index is 0.259. The minimum atomic E-state index is 0.259. The maximum Gasteiger partial charge on any atom is 0.119 e. The Morgan fingerprint density at radius 3 is 3.00 bits per heavy atom. The summed E-state index contributed by atoms with van der Waals surface area (Å²) >= 11 is 1.68. The van der Waals surface area contributed by atoms with Gasteiger partial charge < -0.3 is 9.84 Å². The monoisotopic (exact) mass is 434 g/mol. The molecule has 2 aromatic heterocycles. The first-order chi connectivity index (χ1) is 15.3. The molecule has 1 aliphatic heterocycles. The largest absolute Gasteiger partial charge is 0.497 e. The van der Waals surface area contributed by atoms with E-state index in [2.05, 4.69) is 45.3 Å². The van der Waals surface area contributed by atoms with Gasteiger partial charge in [-0.25, -0.2) is 0 Å². The van der Waals surface area contributed by atoms with E-state index in [9.17, 15) is 5.11 Å². The van der Waals surface area contributed by atoms with Crippen molar-refractivity contribution in [2.75, 3.05) is 33.4 Å². The van der Waals surface area contributed by atoms with E-state index in [1.54, 1.807) is 18.4 Å². The van der Waals surface area contributed by atoms with Crippen molar-refractivity contribution in [3.05, 3.63) is 58.4 Å². The highest BCUT2D eigenvalue weighted by atomic mass is 32.1. The fraction of sp³-hybridized carbons (Fsp3) is 0.423. The van der Waals surface area contributed by atoms with Crippen LogP contribution < -0.4 is 4.74 Å². The van der Waals surface area contributed by atoms with E-state index in [1.807, 2.05) is 24.4 Å². The zero-order valence-corrected chi connectivity index (χ0v) is 18.9. The van der Waals surface area contributed by atoms with E-state index in [4.69, 9.17) is 4.74 Å². The van der Waals surface area contributed by atoms with Gasteiger partial charge in [0.15, 0.2) is 0 Å². The Balaban J connectivity index is 1.30. The van der Waals surface area contributed by atoms with Crippen LogP contribution in [-0.4, -0.2) is 48.3 Å². The first-order valence-corrected chi connectivity index (χ1v) is 11.9. The van der Waals surface area contributed by atoms with Crippen LogP contribution in [0.5, 0.6) is 5.75 Å². The average molecular weight is 435 g/mol. The molecule has 31 heavy (non-hydrogen) atoms. The lowest BCUT2D eigenvalue weighted by Crippen LogP contribution is -2.42. The second-order valence-corrected chi connectivity index (χ2v) is 9.20. The van der Waals surface area contributed by atoms with Crippen LogP contribution in [0.1, 0.15) is 29.7 Å². The summed E-state index contributed by atoms with van der Waals surface area (Å²) in [6.07, 6.45) is 6.33. The van der Waals surface area contributed by atoms with Crippen LogP contribution in [0.4, 0.5) is 0 Å². The molecule has 0 saturated carbocycles. The Labute approximate surface area is 188 Å². The predicted octanol–water partition coefficient (Wildman–Crippen LogP) is 4.61. The van der Waals surface area contributed by atoms with Gasteiger partial charge >= 0.3 is 0 Å². The number of aliphatic hydroxyl groups excluding tert-OH is 1. The fourth-order valence-corrected chi connectivity index (χ4v) is 5.15. The first-order valence-electron chi connectivity index (χ1n) is 11.0. The number of aromatic nitrogens is 1. The molecule has 0 bridgehead atoms. The van der Waals surface area contributed by atoms with Gasteiger partial charge in [-0.1, -0.05) is 17.9 Å². The zero-order valence-electron chi connectivity index (χ0n) is 18.1. The van der Waals surface area contributed by atoms with Crippen LogP contribution in [0.3, 0.4) is 0 Å². The van der Waals surface area contributed by atoms with E-state index >= 15 is 0 Å². The lowest BCUT2D eigenvalue weighted by atomic mass is 9.82. The van der Waals surface area contributed by atoms with Gasteiger partial charge in [0.05, 0.1) is 24.0 Å². The molecule has 0 aliphatic carbocycles. The van der Waals surface area contributed by atoms with Gasteiger partial charge in [-0.15, -0.1) is 11.3 Å². The lowest BCUT2D eigenvalue weighted by molar-refractivity contribution is 0.0748. The van der Waals surface area contributed by atoms with E-state index in [1.165, 1.54) is 10.9 Å². The minimum Gasteiger partial charge on any atom is -0.497 e. The number of aryl methyl sites for hydroxylation is 1. The predicted molar refractivity (Wildman–Crippen MR) is 128 cm³/mol. The summed E-state index contributed by atoms with van der Waals surface area (Å²) < 4.78 is 5.40. The highest BCUT2D eigenvalue weighted by Gasteiger charge is 2.28. The summed E-state index contributed by atoms with van der Waals surface area (Å²) in [6, 6.07) is 12.3. The van der Waals surface area contributed by atoms with Gasteiger partial charge in [0.2, 0.25) is 0 Å². The number of fused-ring (bicyclic) bond motifs is 1. The van der Waals surface area contributed by atoms with E-state index < -0.39 is 0 Å². The molecule has 4 rings (SSSR count). The molecule has 1 N–H and O–H groups in total. The van der Waals surface area contributed by atoms with E-state index in [0.717, 1.165) is 61.5 Å². The molecule has 0 spiro atoms. The topological polar surface area (TPSA) is 45.6 Å². The molecule has 0 unspecified atom stereocenters. The second kappa shape index (κ2) is 10.8. The van der Waals surface area contributed by atoms with E-state index in [-0.39, 0.29) is 6.61 Å². The molecule has 1 saturated heterocycles. The number of thiophene rings is 1. The van der Waals surface area contributed by atoms with Crippen molar-refractivity contribution in [3.8, 4) is 17.6 Å². The number of likely N-dealkylation sites (tertiary alicyclic amines) is 1. The van der Waals surface area contributed by atoms with Crippen LogP contribution in [0.25, 0.3) is 10.9 Å². The maximum atomic E-state index is 9.99. The molecule has 0 radical (unpaired) electrons. The number of aliphatic hydroxyl groups is 1. The van der Waals surface area contributed by atoms with Gasteiger partial charge in [0, 0.05) is 24.7 Å². The van der Waals surface area contributed by atoms with Crippen molar-refractivity contribution < 1.29 is 9.84 Å². The molecular weight excluding hydrogens is 404 g/mol. The first kappa shape index (κ1) is 21.8. The van der Waals surface area contributed by atoms with E-state index in [0.29, 0.717) is 11.8 Å². The number of ether oxygens (including phenoxy) is 1. The Hall–Kier alpha value is -2.39. The summed E-state index contributed by atoms with van der Waals surface area (Å²) in [4.78, 5) is 7.99. The Morgan fingerprint density at radius 2 is 2.19 bits per heavy atom. The van der Waals surface area contributed by atoms with Crippen molar-refractivity contribution in [3.63, 3.8) is 0 Å². The van der Waals surface area contributed by atoms with Gasteiger partial charge in [0.1, 0.15) is 5.75 Å². The summed E-state index contributed by atoms with van der Waals surface area (Å²) in [6.45, 7) is 3.05. The second-order valence-electron chi connectivity index (χ2n) is 8.25. The zero-order chi connectivity index (χ0) is 21.5. The lowest BCUT2D eigenvalue weighted by Gasteiger charge is -2.37. The highest BCUT2D eigenvalue weighted by Crippen LogP contribution is 2.29. The van der Waals surface area contributed by atoms with Crippen molar-refractivity contribution in [1.29, 1.82) is 0 Å². The normalized spacial score (nSPS) is 19.2. The molecule has 3 aromatic rings. The Morgan fingerprint density at radius 1 is 1.26 bits per heavy atom. The Kier molecular flexibility index (Phi) is 7.58. The summed E-state index contributed by atoms with van der Waals surface area (Å²) in [5.74, 6) is 8.33. The van der Waals surface area contributed by atoms with Gasteiger partial charge in [0.25, 0.3) is 0 Å². The molecule has 4 nitrogen and oxygen atoms in total. The molecule has 2 atom stereocenters. The standard InChI is InChI=1S/C26H30N2O2S/c1-30-23-9-10-26-25(17-23)21(11-13-27-26)6-2-5-20-12-15-28(18-22(20)19-29)14-3-7-24-8-4-16-31-24/h4,8-11,13,16-17,20,22,29H,2,5-6,12,14-15,18-19H2,1H3/t20-,22-/m1/s1. The molecule has 0 amide bonds. The van der Waals surface area contributed by atoms with Crippen LogP contribution in [0, 0.1) is 23.7 Å². The molecule has 1 aromatic carbocycles. The van der Waals surface area contributed by atoms with Crippen molar-refractivity contribution in [2.24, 2.45) is 11.8 Å². The van der Waals surface area contributed by atoms with Crippen molar-refractivity contribution in [2.45, 2.75) is 25.7 Å². The molecular formula is C26H30N2O2S. The summed E-state index contributed by atoms with van der Waals surface area (Å²) in [5, 5.41) is 13.2. The third-order valence-electron chi connectivity index (χ3n) is 6.31. The van der Waals surface area contributed by atoms with Crippen molar-refractivity contribution in [1.82, 2.24) is 9.88 Å². The number of benzene rings is 1. The number of nitrogens with zero attached hydrogens (tertiary/aromatic N) is 2. The van der Waals surface area contributed by atoms with Crippen LogP contribution in [0.15, 0.2) is 48.0 Å². The number of piperidine rings is 1. The molecule has 1 aliphatic rings. The smallest absolute Gasteiger partial charge is 0.119 e. The average Bonchev–Trinajstić information content (AvgIpc) is 3.33. The Bertz CT molecular complexity index is 1040. The van der Waals surface area contributed by atoms with Crippen molar-refractivity contribution >= 4 is 22.2 Å². The third-order valence-corrected chi connectivity index (χ3v) is 7.09. The number of methoxy groups -OCH3 is 1. The van der Waals surface area contributed by atoms with Gasteiger partial charge in [-0.3, -0.25) is 9.88 Å². The summed E-state index contributed by atoms with van der Waals surface area (Å²) in [5.41, 5.74) is 2.34. The SMILES string of the molecule is COc1ccc2nccc(CCC[C@@H]3CCN(CC#Cc4cccs4)C[C@@H]3CO)c2c1. The van der Waals surface area contributed by atoms with Crippen LogP contribution in [-0.2, 0) is 6.42 Å². The maximum absolute atomic E-state index is 9.99. The molecule has 162 valence electrons. The molecule has 5 heteroatoms. The van der Waals surface area contributed by atoms with Gasteiger partial charge in [-0.05, 0) is 85.3 Å². The number of pyridine rings is 1. The fourth-order valence-electron chi connectivity index (χ4n) is 4.56. The molecule has 3 heterocycles. The van der Waals surface area contributed by atoms with Gasteiger partial charge in [-0.2, -0.15) is 0 Å². The van der Waals surface area contributed by atoms with Crippen LogP contribution >= 0.6 is 11.3 Å². The number of hydrogen-bond donors (Lipinski definition) is 1. The summed E-state index contributed by atoms with van der Waals surface area (Å²) in [7, 11) is 1.70. The molecule has 1 fully saturated rings. The third kappa shape index (κ3) is 5.65.